The van der Waals surface area contributed by atoms with Crippen molar-refractivity contribution in [3.8, 4) is 0 Å². The molecule has 0 saturated heterocycles. The third kappa shape index (κ3) is 1.37. The summed E-state index contributed by atoms with van der Waals surface area (Å²) in [7, 11) is 2.99. The third-order valence-electron chi connectivity index (χ3n) is 3.26. The predicted molar refractivity (Wildman–Crippen MR) is 50.4 cm³/mol. The van der Waals surface area contributed by atoms with Crippen molar-refractivity contribution in [3.63, 3.8) is 0 Å². The van der Waals surface area contributed by atoms with Gasteiger partial charge in [0, 0.05) is 0 Å². The molecule has 0 nitrogen and oxygen atoms in total. The van der Waals surface area contributed by atoms with E-state index in [1.165, 1.54) is 25.7 Å². The van der Waals surface area contributed by atoms with Crippen LogP contribution < -0.4 is 0 Å². The Morgan fingerprint density at radius 3 is 1.80 bits per heavy atom. The van der Waals surface area contributed by atoms with Gasteiger partial charge in [-0.15, -0.1) is 9.24 Å². The van der Waals surface area contributed by atoms with Crippen LogP contribution in [0.1, 0.15) is 46.5 Å². The Kier molecular flexibility index (Phi) is 2.12. The van der Waals surface area contributed by atoms with Gasteiger partial charge in [-0.25, -0.2) is 0 Å². The van der Waals surface area contributed by atoms with Gasteiger partial charge in [0.2, 0.25) is 0 Å². The van der Waals surface area contributed by atoms with Crippen LogP contribution in [0.3, 0.4) is 0 Å². The maximum Gasteiger partial charge on any atom is -0.0153 e. The fraction of sp³-hybridized carbons (Fsp3) is 1.00. The molecule has 1 heteroatoms. The summed E-state index contributed by atoms with van der Waals surface area (Å²) in [6, 6.07) is 0. The first-order valence-corrected chi connectivity index (χ1v) is 4.82. The molecule has 60 valence electrons. The van der Waals surface area contributed by atoms with Crippen LogP contribution in [0.2, 0.25) is 0 Å². The van der Waals surface area contributed by atoms with Crippen LogP contribution in [0.5, 0.6) is 0 Å². The van der Waals surface area contributed by atoms with Crippen molar-refractivity contribution in [1.29, 1.82) is 0 Å². The molecule has 0 bridgehead atoms. The lowest BCUT2D eigenvalue weighted by atomic mass is 9.77. The molecule has 0 aliphatic heterocycles. The second-order valence-corrected chi connectivity index (χ2v) is 5.93. The molecule has 1 aliphatic rings. The molecule has 0 radical (unpaired) electrons. The van der Waals surface area contributed by atoms with Crippen molar-refractivity contribution < 1.29 is 0 Å². The first-order chi connectivity index (χ1) is 4.46. The first kappa shape index (κ1) is 8.53. The normalized spacial score (nSPS) is 25.2. The lowest BCUT2D eigenvalue weighted by Crippen LogP contribution is -2.32. The summed E-state index contributed by atoms with van der Waals surface area (Å²) in [6.07, 6.45) is 5.72. The Bertz CT molecular complexity index is 115. The highest BCUT2D eigenvalue weighted by Gasteiger charge is 2.39. The van der Waals surface area contributed by atoms with Gasteiger partial charge >= 0.3 is 0 Å². The molecule has 10 heavy (non-hydrogen) atoms. The molecule has 1 fully saturated rings. The van der Waals surface area contributed by atoms with Gasteiger partial charge in [0.15, 0.2) is 0 Å². The molecular weight excluding hydrogens is 139 g/mol. The Morgan fingerprint density at radius 1 is 1.20 bits per heavy atom. The fourth-order valence-electron chi connectivity index (χ4n) is 1.80. The zero-order valence-corrected chi connectivity index (χ0v) is 8.56. The molecule has 0 aromatic heterocycles. The van der Waals surface area contributed by atoms with Gasteiger partial charge in [-0.05, 0) is 23.4 Å². The van der Waals surface area contributed by atoms with Gasteiger partial charge in [-0.3, -0.25) is 0 Å². The van der Waals surface area contributed by atoms with Gasteiger partial charge in [0.05, 0.1) is 0 Å². The lowest BCUT2D eigenvalue weighted by molar-refractivity contribution is 0.259. The molecule has 0 heterocycles. The maximum absolute atomic E-state index is 2.99. The minimum absolute atomic E-state index is 0.434. The highest BCUT2D eigenvalue weighted by atomic mass is 31.0. The molecule has 1 atom stereocenters. The molecule has 1 aliphatic carbocycles. The molecule has 0 amide bonds. The minimum atomic E-state index is 0.434. The molecule has 1 rings (SSSR count). The molecule has 1 unspecified atom stereocenters. The van der Waals surface area contributed by atoms with Crippen LogP contribution in [0, 0.1) is 5.41 Å². The monoisotopic (exact) mass is 158 g/mol. The van der Waals surface area contributed by atoms with Gasteiger partial charge in [-0.1, -0.05) is 33.6 Å². The Balaban J connectivity index is 2.67. The molecule has 0 aromatic rings. The van der Waals surface area contributed by atoms with Gasteiger partial charge in [0.25, 0.3) is 0 Å². The van der Waals surface area contributed by atoms with Crippen LogP contribution in [-0.4, -0.2) is 5.16 Å². The van der Waals surface area contributed by atoms with E-state index >= 15 is 0 Å². The van der Waals surface area contributed by atoms with Crippen molar-refractivity contribution in [2.75, 3.05) is 0 Å². The Morgan fingerprint density at radius 2 is 1.60 bits per heavy atom. The lowest BCUT2D eigenvalue weighted by Gasteiger charge is -2.38. The van der Waals surface area contributed by atoms with E-state index in [9.17, 15) is 0 Å². The third-order valence-corrected chi connectivity index (χ3v) is 3.96. The van der Waals surface area contributed by atoms with Crippen molar-refractivity contribution in [2.24, 2.45) is 5.41 Å². The number of hydrogen-bond donors (Lipinski definition) is 0. The standard InChI is InChI=1S/C9H19P/c1-8(2,10)9(3)6-4-5-7-9/h4-7,10H2,1-3H3. The highest BCUT2D eigenvalue weighted by Crippen LogP contribution is 2.49. The number of hydrogen-bond acceptors (Lipinski definition) is 0. The van der Waals surface area contributed by atoms with Gasteiger partial charge in [0.1, 0.15) is 0 Å². The zero-order chi connectivity index (χ0) is 7.83. The van der Waals surface area contributed by atoms with Crippen LogP contribution >= 0.6 is 9.24 Å². The van der Waals surface area contributed by atoms with Crippen molar-refractivity contribution in [3.05, 3.63) is 0 Å². The topological polar surface area (TPSA) is 0 Å². The van der Waals surface area contributed by atoms with E-state index in [4.69, 9.17) is 0 Å². The summed E-state index contributed by atoms with van der Waals surface area (Å²) < 4.78 is 0. The van der Waals surface area contributed by atoms with Crippen molar-refractivity contribution in [2.45, 2.75) is 51.6 Å². The van der Waals surface area contributed by atoms with E-state index in [-0.39, 0.29) is 0 Å². The number of rotatable bonds is 1. The second-order valence-electron chi connectivity index (χ2n) is 4.49. The van der Waals surface area contributed by atoms with E-state index in [0.717, 1.165) is 0 Å². The van der Waals surface area contributed by atoms with Gasteiger partial charge in [-0.2, -0.15) is 0 Å². The van der Waals surface area contributed by atoms with E-state index in [2.05, 4.69) is 30.0 Å². The molecule has 0 N–H and O–H groups in total. The van der Waals surface area contributed by atoms with Crippen LogP contribution in [0.15, 0.2) is 0 Å². The SMILES string of the molecule is CC(C)(P)C1(C)CCCC1. The summed E-state index contributed by atoms with van der Waals surface area (Å²) in [4.78, 5) is 0. The van der Waals surface area contributed by atoms with E-state index < -0.39 is 0 Å². The average molecular weight is 158 g/mol. The highest BCUT2D eigenvalue weighted by molar-refractivity contribution is 7.18. The molecule has 0 spiro atoms. The van der Waals surface area contributed by atoms with Crippen molar-refractivity contribution >= 4 is 9.24 Å². The Hall–Kier alpha value is 0.430. The van der Waals surface area contributed by atoms with E-state index in [1.807, 2.05) is 0 Å². The van der Waals surface area contributed by atoms with Gasteiger partial charge < -0.3 is 0 Å². The van der Waals surface area contributed by atoms with E-state index in [1.54, 1.807) is 0 Å². The largest absolute Gasteiger partial charge is 0.131 e. The predicted octanol–water partition coefficient (Wildman–Crippen LogP) is 3.22. The Labute approximate surface area is 67.0 Å². The van der Waals surface area contributed by atoms with Crippen molar-refractivity contribution in [1.82, 2.24) is 0 Å². The maximum atomic E-state index is 2.99. The first-order valence-electron chi connectivity index (χ1n) is 4.25. The molecular formula is C9H19P. The second kappa shape index (κ2) is 2.48. The summed E-state index contributed by atoms with van der Waals surface area (Å²) >= 11 is 0. The van der Waals surface area contributed by atoms with Crippen LogP contribution in [0.4, 0.5) is 0 Å². The fourth-order valence-corrected chi connectivity index (χ4v) is 2.09. The summed E-state index contributed by atoms with van der Waals surface area (Å²) in [5.74, 6) is 0. The summed E-state index contributed by atoms with van der Waals surface area (Å²) in [6.45, 7) is 7.10. The summed E-state index contributed by atoms with van der Waals surface area (Å²) in [5.41, 5.74) is 0.595. The van der Waals surface area contributed by atoms with Crippen LogP contribution in [-0.2, 0) is 0 Å². The van der Waals surface area contributed by atoms with Crippen LogP contribution in [0.25, 0.3) is 0 Å². The average Bonchev–Trinajstić information content (AvgIpc) is 2.13. The molecule has 0 aromatic carbocycles. The molecule has 1 saturated carbocycles. The minimum Gasteiger partial charge on any atom is -0.131 e. The zero-order valence-electron chi connectivity index (χ0n) is 7.41. The quantitative estimate of drug-likeness (QED) is 0.514. The summed E-state index contributed by atoms with van der Waals surface area (Å²) in [5, 5.41) is 0.434. The smallest absolute Gasteiger partial charge is 0.0153 e. The van der Waals surface area contributed by atoms with E-state index in [0.29, 0.717) is 10.6 Å².